The topological polar surface area (TPSA) is 63.2 Å². The number of aromatic nitrogens is 2. The molecule has 4 aromatic rings. The predicted octanol–water partition coefficient (Wildman–Crippen LogP) is 5.13. The molecule has 6 heteroatoms. The summed E-state index contributed by atoms with van der Waals surface area (Å²) in [6.07, 6.45) is 7.16. The van der Waals surface area contributed by atoms with Gasteiger partial charge < -0.3 is 0 Å². The minimum absolute atomic E-state index is 0.324. The normalized spacial score (nSPS) is 18.2. The van der Waals surface area contributed by atoms with E-state index in [1.165, 1.54) is 33.2 Å². The van der Waals surface area contributed by atoms with Crippen molar-refractivity contribution >= 4 is 20.6 Å². The molecule has 2 aliphatic rings. The lowest BCUT2D eigenvalue weighted by Gasteiger charge is -2.37. The molecule has 0 atom stereocenters. The van der Waals surface area contributed by atoms with Crippen molar-refractivity contribution in [3.63, 3.8) is 0 Å². The van der Waals surface area contributed by atoms with Gasteiger partial charge in [-0.2, -0.15) is 0 Å². The fourth-order valence-electron chi connectivity index (χ4n) is 5.77. The first-order valence-corrected chi connectivity index (χ1v) is 14.6. The van der Waals surface area contributed by atoms with Gasteiger partial charge in [0.25, 0.3) is 0 Å². The van der Waals surface area contributed by atoms with E-state index in [2.05, 4.69) is 60.4 Å². The molecule has 0 N–H and O–H groups in total. The molecule has 0 amide bonds. The Morgan fingerprint density at radius 3 is 2.61 bits per heavy atom. The number of hydrogen-bond acceptors (Lipinski definition) is 5. The van der Waals surface area contributed by atoms with Crippen LogP contribution in [-0.2, 0) is 29.2 Å². The fraction of sp³-hybridized carbons (Fsp3) is 0.333. The minimum atomic E-state index is -2.84. The monoisotopic (exact) mass is 497 g/mol. The molecular weight excluding hydrogens is 466 g/mol. The van der Waals surface area contributed by atoms with Gasteiger partial charge in [0.2, 0.25) is 0 Å². The van der Waals surface area contributed by atoms with Gasteiger partial charge >= 0.3 is 0 Å². The summed E-state index contributed by atoms with van der Waals surface area (Å²) in [6, 6.07) is 19.7. The predicted molar refractivity (Wildman–Crippen MR) is 145 cm³/mol. The Balaban J connectivity index is 1.24. The Kier molecular flexibility index (Phi) is 6.10. The summed E-state index contributed by atoms with van der Waals surface area (Å²) in [4.78, 5) is 12.0. The summed E-state index contributed by atoms with van der Waals surface area (Å²) >= 11 is 0. The zero-order valence-electron chi connectivity index (χ0n) is 20.7. The molecule has 0 bridgehead atoms. The number of benzene rings is 2. The van der Waals surface area contributed by atoms with Crippen molar-refractivity contribution in [1.29, 1.82) is 0 Å². The van der Waals surface area contributed by atoms with Gasteiger partial charge in [0.1, 0.15) is 9.84 Å². The van der Waals surface area contributed by atoms with Gasteiger partial charge in [-0.05, 0) is 72.0 Å². The maximum atomic E-state index is 11.9. The first-order valence-electron chi connectivity index (χ1n) is 12.8. The van der Waals surface area contributed by atoms with Crippen LogP contribution in [-0.4, -0.2) is 47.4 Å². The summed E-state index contributed by atoms with van der Waals surface area (Å²) < 4.78 is 23.7. The SMILES string of the molecule is Cc1ccc(Cc2nccc3c2CCN(C2CCS(=O)(=O)CC2)C3)cc1-c1cc2ccccc2cn1. The largest absolute Gasteiger partial charge is 0.296 e. The number of rotatable bonds is 4. The van der Waals surface area contributed by atoms with Crippen LogP contribution in [0.2, 0.25) is 0 Å². The van der Waals surface area contributed by atoms with E-state index in [4.69, 9.17) is 9.97 Å². The Bertz CT molecular complexity index is 1530. The standard InChI is InChI=1S/C30H31N3O2S/c1-21-6-7-22(16-28(21)30-18-23-4-2-3-5-24(23)19-32-30)17-29-27-9-13-33(20-25(27)8-12-31-29)26-10-14-36(34,35)15-11-26/h2-8,12,16,18-19,26H,9-11,13-15,17,20H2,1H3. The second-order valence-electron chi connectivity index (χ2n) is 10.2. The van der Waals surface area contributed by atoms with Gasteiger partial charge in [0, 0.05) is 54.6 Å². The molecule has 0 spiro atoms. The highest BCUT2D eigenvalue weighted by Crippen LogP contribution is 2.30. The lowest BCUT2D eigenvalue weighted by Crippen LogP contribution is -2.44. The zero-order valence-corrected chi connectivity index (χ0v) is 21.5. The highest BCUT2D eigenvalue weighted by Gasteiger charge is 2.30. The molecule has 4 heterocycles. The number of hydrogen-bond donors (Lipinski definition) is 0. The van der Waals surface area contributed by atoms with Gasteiger partial charge in [0.15, 0.2) is 0 Å². The average Bonchev–Trinajstić information content (AvgIpc) is 2.89. The second-order valence-corrected chi connectivity index (χ2v) is 12.5. The molecule has 2 aromatic heterocycles. The first kappa shape index (κ1) is 23.3. The summed E-state index contributed by atoms with van der Waals surface area (Å²) in [5.74, 6) is 0.648. The zero-order chi connectivity index (χ0) is 24.7. The van der Waals surface area contributed by atoms with Crippen molar-refractivity contribution in [2.45, 2.75) is 45.2 Å². The third kappa shape index (κ3) is 4.67. The van der Waals surface area contributed by atoms with Crippen molar-refractivity contribution in [2.24, 2.45) is 0 Å². The van der Waals surface area contributed by atoms with Crippen LogP contribution in [0.15, 0.2) is 67.0 Å². The third-order valence-corrected chi connectivity index (χ3v) is 9.60. The Morgan fingerprint density at radius 1 is 0.972 bits per heavy atom. The van der Waals surface area contributed by atoms with E-state index in [-0.39, 0.29) is 0 Å². The average molecular weight is 498 g/mol. The molecular formula is C30H31N3O2S. The van der Waals surface area contributed by atoms with Gasteiger partial charge in [-0.3, -0.25) is 14.9 Å². The van der Waals surface area contributed by atoms with E-state index in [9.17, 15) is 8.42 Å². The van der Waals surface area contributed by atoms with E-state index < -0.39 is 9.84 Å². The molecule has 0 saturated carbocycles. The van der Waals surface area contributed by atoms with Crippen LogP contribution in [0, 0.1) is 6.92 Å². The van der Waals surface area contributed by atoms with Crippen LogP contribution in [0.5, 0.6) is 0 Å². The summed E-state index contributed by atoms with van der Waals surface area (Å²) in [6.45, 7) is 4.00. The molecule has 2 aromatic carbocycles. The molecule has 36 heavy (non-hydrogen) atoms. The summed E-state index contributed by atoms with van der Waals surface area (Å²) in [7, 11) is -2.84. The Labute approximate surface area is 213 Å². The van der Waals surface area contributed by atoms with Gasteiger partial charge in [-0.25, -0.2) is 8.42 Å². The van der Waals surface area contributed by atoms with Crippen LogP contribution in [0.25, 0.3) is 22.0 Å². The molecule has 6 rings (SSSR count). The lowest BCUT2D eigenvalue weighted by atomic mass is 9.92. The van der Waals surface area contributed by atoms with Crippen molar-refractivity contribution in [2.75, 3.05) is 18.1 Å². The number of sulfone groups is 1. The van der Waals surface area contributed by atoms with Crippen LogP contribution >= 0.6 is 0 Å². The first-order chi connectivity index (χ1) is 17.4. The number of pyridine rings is 2. The van der Waals surface area contributed by atoms with Crippen LogP contribution in [0.4, 0.5) is 0 Å². The van der Waals surface area contributed by atoms with Gasteiger partial charge in [-0.15, -0.1) is 0 Å². The van der Waals surface area contributed by atoms with Crippen LogP contribution in [0.3, 0.4) is 0 Å². The van der Waals surface area contributed by atoms with Crippen molar-refractivity contribution in [3.05, 3.63) is 94.9 Å². The van der Waals surface area contributed by atoms with Gasteiger partial charge in [-0.1, -0.05) is 36.4 Å². The maximum absolute atomic E-state index is 11.9. The minimum Gasteiger partial charge on any atom is -0.296 e. The molecule has 0 unspecified atom stereocenters. The molecule has 2 aliphatic heterocycles. The third-order valence-electron chi connectivity index (χ3n) is 7.89. The van der Waals surface area contributed by atoms with E-state index in [1.807, 2.05) is 18.5 Å². The molecule has 1 fully saturated rings. The van der Waals surface area contributed by atoms with Crippen molar-refractivity contribution < 1.29 is 8.42 Å². The molecule has 0 radical (unpaired) electrons. The molecule has 1 saturated heterocycles. The van der Waals surface area contributed by atoms with E-state index >= 15 is 0 Å². The number of aryl methyl sites for hydroxylation is 1. The van der Waals surface area contributed by atoms with E-state index in [1.54, 1.807) is 0 Å². The quantitative estimate of drug-likeness (QED) is 0.391. The lowest BCUT2D eigenvalue weighted by molar-refractivity contribution is 0.166. The highest BCUT2D eigenvalue weighted by atomic mass is 32.2. The highest BCUT2D eigenvalue weighted by molar-refractivity contribution is 7.91. The summed E-state index contributed by atoms with van der Waals surface area (Å²) in [5.41, 5.74) is 8.48. The van der Waals surface area contributed by atoms with Crippen LogP contribution < -0.4 is 0 Å². The fourth-order valence-corrected chi connectivity index (χ4v) is 7.24. The maximum Gasteiger partial charge on any atom is 0.150 e. The van der Waals surface area contributed by atoms with Crippen LogP contribution in [0.1, 0.15) is 40.8 Å². The Morgan fingerprint density at radius 2 is 1.78 bits per heavy atom. The second kappa shape index (κ2) is 9.41. The van der Waals surface area contributed by atoms with Crippen molar-refractivity contribution in [3.8, 4) is 11.3 Å². The van der Waals surface area contributed by atoms with Gasteiger partial charge in [0.05, 0.1) is 17.2 Å². The Hall–Kier alpha value is -3.09. The molecule has 5 nitrogen and oxygen atoms in total. The smallest absolute Gasteiger partial charge is 0.150 e. The number of fused-ring (bicyclic) bond motifs is 2. The number of nitrogens with zero attached hydrogens (tertiary/aromatic N) is 3. The summed E-state index contributed by atoms with van der Waals surface area (Å²) in [5, 5.41) is 2.35. The van der Waals surface area contributed by atoms with E-state index in [0.29, 0.717) is 17.5 Å². The van der Waals surface area contributed by atoms with E-state index in [0.717, 1.165) is 55.5 Å². The molecule has 184 valence electrons. The van der Waals surface area contributed by atoms with Crippen molar-refractivity contribution in [1.82, 2.24) is 14.9 Å². The molecule has 0 aliphatic carbocycles.